The van der Waals surface area contributed by atoms with E-state index in [2.05, 4.69) is 14.9 Å². The second kappa shape index (κ2) is 7.62. The lowest BCUT2D eigenvalue weighted by Crippen LogP contribution is -2.25. The Labute approximate surface area is 166 Å². The lowest BCUT2D eigenvalue weighted by atomic mass is 9.98. The molecule has 0 aliphatic carbocycles. The van der Waals surface area contributed by atoms with Crippen molar-refractivity contribution in [3.05, 3.63) is 71.5 Å². The number of hydrazone groups is 1. The third-order valence-electron chi connectivity index (χ3n) is 4.64. The van der Waals surface area contributed by atoms with Gasteiger partial charge in [0.1, 0.15) is 5.75 Å². The van der Waals surface area contributed by atoms with Crippen molar-refractivity contribution in [3.63, 3.8) is 0 Å². The van der Waals surface area contributed by atoms with Crippen LogP contribution in [-0.2, 0) is 13.1 Å². The molecule has 150 valence electrons. The standard InChI is InChI=1S/C21H19F3N4O/c1-15-8-9-27(26-15)10-11-28-14-19-12-17(2-3-18(19)13-25-28)16-4-6-20(7-5-16)29-21(22,23)24/h2-9,12-13H,10-11,14H2,1H3. The van der Waals surface area contributed by atoms with Gasteiger partial charge in [-0.25, -0.2) is 0 Å². The number of ether oxygens (including phenoxy) is 1. The number of aryl methyl sites for hydroxylation is 1. The Morgan fingerprint density at radius 2 is 1.76 bits per heavy atom. The molecule has 8 heteroatoms. The van der Waals surface area contributed by atoms with Crippen LogP contribution in [0.1, 0.15) is 16.8 Å². The van der Waals surface area contributed by atoms with E-state index in [1.165, 1.54) is 12.1 Å². The molecule has 1 aliphatic rings. The number of hydrogen-bond donors (Lipinski definition) is 0. The summed E-state index contributed by atoms with van der Waals surface area (Å²) < 4.78 is 42.8. The van der Waals surface area contributed by atoms with E-state index in [1.54, 1.807) is 12.1 Å². The number of alkyl halides is 3. The van der Waals surface area contributed by atoms with E-state index in [1.807, 2.05) is 53.3 Å². The summed E-state index contributed by atoms with van der Waals surface area (Å²) in [5.74, 6) is -0.230. The second-order valence-electron chi connectivity index (χ2n) is 6.84. The molecular formula is C21H19F3N4O. The summed E-state index contributed by atoms with van der Waals surface area (Å²) in [4.78, 5) is 0. The average molecular weight is 400 g/mol. The molecule has 1 aromatic heterocycles. The van der Waals surface area contributed by atoms with Gasteiger partial charge in [0.15, 0.2) is 0 Å². The van der Waals surface area contributed by atoms with Gasteiger partial charge in [-0.15, -0.1) is 13.2 Å². The van der Waals surface area contributed by atoms with Gasteiger partial charge in [0.05, 0.1) is 31.5 Å². The molecule has 0 atom stereocenters. The van der Waals surface area contributed by atoms with Crippen LogP contribution in [0.15, 0.2) is 59.8 Å². The lowest BCUT2D eigenvalue weighted by Gasteiger charge is -2.24. The summed E-state index contributed by atoms with van der Waals surface area (Å²) in [6, 6.07) is 13.8. The molecule has 0 bridgehead atoms. The Hall–Kier alpha value is -3.29. The molecule has 0 unspecified atom stereocenters. The molecule has 3 aromatic rings. The lowest BCUT2D eigenvalue weighted by molar-refractivity contribution is -0.274. The zero-order chi connectivity index (χ0) is 20.4. The molecule has 0 saturated heterocycles. The molecule has 5 nitrogen and oxygen atoms in total. The van der Waals surface area contributed by atoms with Gasteiger partial charge in [-0.05, 0) is 53.4 Å². The van der Waals surface area contributed by atoms with Crippen molar-refractivity contribution >= 4 is 6.21 Å². The van der Waals surface area contributed by atoms with Crippen LogP contribution in [0.25, 0.3) is 11.1 Å². The molecule has 0 saturated carbocycles. The second-order valence-corrected chi connectivity index (χ2v) is 6.84. The monoisotopic (exact) mass is 400 g/mol. The summed E-state index contributed by atoms with van der Waals surface area (Å²) in [6.45, 7) is 4.08. The van der Waals surface area contributed by atoms with Crippen molar-refractivity contribution in [1.29, 1.82) is 0 Å². The van der Waals surface area contributed by atoms with Crippen molar-refractivity contribution in [2.24, 2.45) is 5.10 Å². The highest BCUT2D eigenvalue weighted by Gasteiger charge is 2.31. The quantitative estimate of drug-likeness (QED) is 0.628. The number of hydrogen-bond acceptors (Lipinski definition) is 4. The van der Waals surface area contributed by atoms with E-state index < -0.39 is 6.36 Å². The smallest absolute Gasteiger partial charge is 0.406 e. The average Bonchev–Trinajstić information content (AvgIpc) is 3.10. The van der Waals surface area contributed by atoms with Gasteiger partial charge in [-0.3, -0.25) is 9.69 Å². The van der Waals surface area contributed by atoms with E-state index in [-0.39, 0.29) is 5.75 Å². The van der Waals surface area contributed by atoms with E-state index in [9.17, 15) is 13.2 Å². The normalized spacial score (nSPS) is 13.4. The summed E-state index contributed by atoms with van der Waals surface area (Å²) in [7, 11) is 0. The molecule has 0 spiro atoms. The van der Waals surface area contributed by atoms with Gasteiger partial charge >= 0.3 is 6.36 Å². The van der Waals surface area contributed by atoms with Crippen LogP contribution in [0.4, 0.5) is 13.2 Å². The third kappa shape index (κ3) is 4.77. The minimum atomic E-state index is -4.69. The topological polar surface area (TPSA) is 42.6 Å². The zero-order valence-corrected chi connectivity index (χ0v) is 15.7. The van der Waals surface area contributed by atoms with Crippen LogP contribution in [0, 0.1) is 6.92 Å². The van der Waals surface area contributed by atoms with Gasteiger partial charge in [0.25, 0.3) is 0 Å². The van der Waals surface area contributed by atoms with Crippen molar-refractivity contribution in [2.75, 3.05) is 6.54 Å². The maximum atomic E-state index is 12.3. The number of fused-ring (bicyclic) bond motifs is 1. The fourth-order valence-corrected chi connectivity index (χ4v) is 3.22. The van der Waals surface area contributed by atoms with Crippen LogP contribution < -0.4 is 4.74 Å². The fourth-order valence-electron chi connectivity index (χ4n) is 3.22. The Balaban J connectivity index is 1.45. The van der Waals surface area contributed by atoms with E-state index in [4.69, 9.17) is 0 Å². The highest BCUT2D eigenvalue weighted by Crippen LogP contribution is 2.28. The number of halogens is 3. The van der Waals surface area contributed by atoms with E-state index in [0.717, 1.165) is 41.0 Å². The molecule has 0 fully saturated rings. The first kappa shape index (κ1) is 19.0. The number of aromatic nitrogens is 2. The van der Waals surface area contributed by atoms with Crippen molar-refractivity contribution < 1.29 is 17.9 Å². The molecule has 29 heavy (non-hydrogen) atoms. The third-order valence-corrected chi connectivity index (χ3v) is 4.64. The van der Waals surface area contributed by atoms with Gasteiger partial charge in [-0.1, -0.05) is 24.3 Å². The van der Waals surface area contributed by atoms with Crippen LogP contribution >= 0.6 is 0 Å². The fraction of sp³-hybridized carbons (Fsp3) is 0.238. The van der Waals surface area contributed by atoms with Crippen LogP contribution in [0.2, 0.25) is 0 Å². The maximum absolute atomic E-state index is 12.3. The summed E-state index contributed by atoms with van der Waals surface area (Å²) in [6.07, 6.45) is -0.913. The molecule has 0 radical (unpaired) electrons. The van der Waals surface area contributed by atoms with Gasteiger partial charge in [0.2, 0.25) is 0 Å². The number of benzene rings is 2. The van der Waals surface area contributed by atoms with Gasteiger partial charge in [0, 0.05) is 6.20 Å². The van der Waals surface area contributed by atoms with E-state index >= 15 is 0 Å². The van der Waals surface area contributed by atoms with Crippen LogP contribution in [0.3, 0.4) is 0 Å². The predicted molar refractivity (Wildman–Crippen MR) is 104 cm³/mol. The minimum Gasteiger partial charge on any atom is -0.406 e. The van der Waals surface area contributed by atoms with Crippen LogP contribution in [-0.4, -0.2) is 33.9 Å². The van der Waals surface area contributed by atoms with Crippen molar-refractivity contribution in [1.82, 2.24) is 14.8 Å². The van der Waals surface area contributed by atoms with Crippen molar-refractivity contribution in [2.45, 2.75) is 26.4 Å². The Morgan fingerprint density at radius 1 is 1.00 bits per heavy atom. The Bertz CT molecular complexity index is 1030. The first-order valence-electron chi connectivity index (χ1n) is 9.14. The van der Waals surface area contributed by atoms with Gasteiger partial charge < -0.3 is 4.74 Å². The SMILES string of the molecule is Cc1ccn(CCN2Cc3cc(-c4ccc(OC(F)(F)F)cc4)ccc3C=N2)n1. The number of rotatable bonds is 5. The molecule has 2 aromatic carbocycles. The first-order chi connectivity index (χ1) is 13.9. The molecule has 4 rings (SSSR count). The molecular weight excluding hydrogens is 381 g/mol. The molecule has 0 amide bonds. The summed E-state index contributed by atoms with van der Waals surface area (Å²) >= 11 is 0. The zero-order valence-electron chi connectivity index (χ0n) is 15.7. The summed E-state index contributed by atoms with van der Waals surface area (Å²) in [5, 5.41) is 10.8. The molecule has 0 N–H and O–H groups in total. The molecule has 2 heterocycles. The Kier molecular flexibility index (Phi) is 5.00. The first-order valence-corrected chi connectivity index (χ1v) is 9.14. The highest BCUT2D eigenvalue weighted by molar-refractivity contribution is 5.84. The maximum Gasteiger partial charge on any atom is 0.573 e. The number of nitrogens with zero attached hydrogens (tertiary/aromatic N) is 4. The summed E-state index contributed by atoms with van der Waals surface area (Å²) in [5.41, 5.74) is 4.89. The largest absolute Gasteiger partial charge is 0.573 e. The Morgan fingerprint density at radius 3 is 2.45 bits per heavy atom. The predicted octanol–water partition coefficient (Wildman–Crippen LogP) is 4.61. The minimum absolute atomic E-state index is 0.230. The molecule has 1 aliphatic heterocycles. The van der Waals surface area contributed by atoms with Crippen molar-refractivity contribution in [3.8, 4) is 16.9 Å². The van der Waals surface area contributed by atoms with Crippen LogP contribution in [0.5, 0.6) is 5.75 Å². The van der Waals surface area contributed by atoms with Gasteiger partial charge in [-0.2, -0.15) is 10.2 Å². The highest BCUT2D eigenvalue weighted by atomic mass is 19.4. The van der Waals surface area contributed by atoms with E-state index in [0.29, 0.717) is 6.54 Å².